The smallest absolute Gasteiger partial charge is 0.255 e. The summed E-state index contributed by atoms with van der Waals surface area (Å²) in [6, 6.07) is 9.83. The molecule has 1 aromatic carbocycles. The molecular formula is C17H17NO2. The minimum absolute atomic E-state index is 0.0685. The van der Waals surface area contributed by atoms with Gasteiger partial charge in [-0.25, -0.2) is 0 Å². The summed E-state index contributed by atoms with van der Waals surface area (Å²) in [7, 11) is 0. The number of amides is 1. The second-order valence-corrected chi connectivity index (χ2v) is 5.92. The predicted octanol–water partition coefficient (Wildman–Crippen LogP) is 2.57. The number of hydrogen-bond donors (Lipinski definition) is 0. The Bertz CT molecular complexity index is 632. The Morgan fingerprint density at radius 3 is 2.60 bits per heavy atom. The maximum absolute atomic E-state index is 12.8. The molecule has 2 fully saturated rings. The third kappa shape index (κ3) is 1.30. The molecule has 1 saturated heterocycles. The van der Waals surface area contributed by atoms with Crippen LogP contribution in [0.15, 0.2) is 35.9 Å². The molecule has 1 unspecified atom stereocenters. The van der Waals surface area contributed by atoms with E-state index in [9.17, 15) is 9.59 Å². The number of Topliss-reactive ketones (excluding diaryl/α,β-unsaturated/α-hetero) is 1. The van der Waals surface area contributed by atoms with Crippen molar-refractivity contribution in [2.24, 2.45) is 0 Å². The Hall–Kier alpha value is -1.90. The van der Waals surface area contributed by atoms with Crippen LogP contribution in [0.2, 0.25) is 0 Å². The summed E-state index contributed by atoms with van der Waals surface area (Å²) in [6.45, 7) is 0.727. The van der Waals surface area contributed by atoms with Crippen LogP contribution < -0.4 is 0 Å². The molecule has 3 heteroatoms. The van der Waals surface area contributed by atoms with Crippen LogP contribution in [0.5, 0.6) is 0 Å². The molecule has 1 aliphatic carbocycles. The number of carbonyl (C=O) groups is 2. The Balaban J connectivity index is 1.94. The van der Waals surface area contributed by atoms with E-state index in [1.165, 1.54) is 0 Å². The summed E-state index contributed by atoms with van der Waals surface area (Å²) in [5.74, 6) is 0.328. The lowest BCUT2D eigenvalue weighted by atomic mass is 9.82. The number of hydrogen-bond acceptors (Lipinski definition) is 2. The largest absolute Gasteiger partial charge is 0.322 e. The summed E-state index contributed by atoms with van der Waals surface area (Å²) in [5, 5.41) is 0. The molecule has 0 N–H and O–H groups in total. The molecule has 0 bridgehead atoms. The molecule has 1 aromatic rings. The Morgan fingerprint density at radius 1 is 1.00 bits per heavy atom. The Labute approximate surface area is 118 Å². The zero-order chi connectivity index (χ0) is 13.7. The van der Waals surface area contributed by atoms with Crippen molar-refractivity contribution in [1.29, 1.82) is 0 Å². The third-order valence-electron chi connectivity index (χ3n) is 5.00. The van der Waals surface area contributed by atoms with E-state index < -0.39 is 5.54 Å². The van der Waals surface area contributed by atoms with E-state index in [0.717, 1.165) is 48.9 Å². The van der Waals surface area contributed by atoms with E-state index in [0.29, 0.717) is 6.42 Å². The van der Waals surface area contributed by atoms with Gasteiger partial charge in [-0.2, -0.15) is 0 Å². The molecule has 1 saturated carbocycles. The minimum Gasteiger partial charge on any atom is -0.322 e. The van der Waals surface area contributed by atoms with Gasteiger partial charge in [0.05, 0.1) is 0 Å². The number of ketones is 1. The van der Waals surface area contributed by atoms with Crippen LogP contribution in [0.25, 0.3) is 5.57 Å². The number of benzene rings is 1. The lowest BCUT2D eigenvalue weighted by Gasteiger charge is -2.40. The molecule has 2 aliphatic heterocycles. The van der Waals surface area contributed by atoms with Crippen molar-refractivity contribution in [1.82, 2.24) is 4.90 Å². The molecular weight excluding hydrogens is 250 g/mol. The first kappa shape index (κ1) is 11.9. The van der Waals surface area contributed by atoms with Crippen molar-refractivity contribution in [2.45, 2.75) is 37.6 Å². The topological polar surface area (TPSA) is 37.4 Å². The molecule has 3 aliphatic rings. The van der Waals surface area contributed by atoms with Gasteiger partial charge in [0.1, 0.15) is 5.54 Å². The second kappa shape index (κ2) is 4.05. The van der Waals surface area contributed by atoms with Crippen molar-refractivity contribution >= 4 is 17.3 Å². The molecule has 2 heterocycles. The number of piperidine rings is 1. The maximum atomic E-state index is 12.8. The highest BCUT2D eigenvalue weighted by molar-refractivity contribution is 6.27. The van der Waals surface area contributed by atoms with Gasteiger partial charge >= 0.3 is 0 Å². The summed E-state index contributed by atoms with van der Waals surface area (Å²) < 4.78 is 0. The van der Waals surface area contributed by atoms with E-state index in [2.05, 4.69) is 0 Å². The van der Waals surface area contributed by atoms with E-state index in [1.54, 1.807) is 0 Å². The first-order valence-corrected chi connectivity index (χ1v) is 7.39. The summed E-state index contributed by atoms with van der Waals surface area (Å²) in [5.41, 5.74) is 2.30. The number of nitrogens with zero attached hydrogens (tertiary/aromatic N) is 1. The lowest BCUT2D eigenvalue weighted by Crippen LogP contribution is -2.55. The molecule has 4 rings (SSSR count). The van der Waals surface area contributed by atoms with Gasteiger partial charge in [0, 0.05) is 18.5 Å². The molecule has 20 heavy (non-hydrogen) atoms. The zero-order valence-electron chi connectivity index (χ0n) is 11.4. The van der Waals surface area contributed by atoms with E-state index in [4.69, 9.17) is 0 Å². The van der Waals surface area contributed by atoms with Crippen LogP contribution in [0.4, 0.5) is 0 Å². The van der Waals surface area contributed by atoms with E-state index in [1.807, 2.05) is 35.2 Å². The summed E-state index contributed by atoms with van der Waals surface area (Å²) in [4.78, 5) is 27.2. The minimum atomic E-state index is -0.569. The van der Waals surface area contributed by atoms with Crippen molar-refractivity contribution in [3.05, 3.63) is 41.5 Å². The zero-order valence-corrected chi connectivity index (χ0v) is 11.4. The van der Waals surface area contributed by atoms with Gasteiger partial charge in [-0.1, -0.05) is 30.3 Å². The number of carbonyl (C=O) groups excluding carboxylic acids is 2. The van der Waals surface area contributed by atoms with Gasteiger partial charge < -0.3 is 4.90 Å². The fraction of sp³-hybridized carbons (Fsp3) is 0.412. The van der Waals surface area contributed by atoms with Gasteiger partial charge in [0.2, 0.25) is 0 Å². The second-order valence-electron chi connectivity index (χ2n) is 5.92. The first-order valence-electron chi connectivity index (χ1n) is 7.39. The highest BCUT2D eigenvalue weighted by Gasteiger charge is 2.58. The first-order chi connectivity index (χ1) is 9.75. The van der Waals surface area contributed by atoms with Crippen molar-refractivity contribution in [2.75, 3.05) is 6.54 Å². The normalized spacial score (nSPS) is 28.9. The molecule has 1 amide bonds. The van der Waals surface area contributed by atoms with Gasteiger partial charge in [-0.3, -0.25) is 9.59 Å². The highest BCUT2D eigenvalue weighted by atomic mass is 16.2. The van der Waals surface area contributed by atoms with Gasteiger partial charge in [0.25, 0.3) is 5.91 Å². The molecule has 1 spiro atoms. The fourth-order valence-corrected chi connectivity index (χ4v) is 4.20. The SMILES string of the molecule is O=C1C(c2ccccc2)=C2CCCC23C(=O)CCCN13. The van der Waals surface area contributed by atoms with Crippen LogP contribution in [-0.4, -0.2) is 28.7 Å². The van der Waals surface area contributed by atoms with Gasteiger partial charge in [-0.05, 0) is 36.8 Å². The van der Waals surface area contributed by atoms with Crippen LogP contribution in [0, 0.1) is 0 Å². The quantitative estimate of drug-likeness (QED) is 0.784. The Kier molecular flexibility index (Phi) is 2.40. The maximum Gasteiger partial charge on any atom is 0.255 e. The summed E-state index contributed by atoms with van der Waals surface area (Å²) >= 11 is 0. The van der Waals surface area contributed by atoms with Gasteiger partial charge in [0.15, 0.2) is 5.78 Å². The average Bonchev–Trinajstić information content (AvgIpc) is 2.97. The number of rotatable bonds is 1. The summed E-state index contributed by atoms with van der Waals surface area (Å²) in [6.07, 6.45) is 4.15. The Morgan fingerprint density at radius 2 is 1.80 bits per heavy atom. The monoisotopic (exact) mass is 267 g/mol. The standard InChI is InChI=1S/C17H17NO2/c19-14-9-5-11-18-16(20)15(12-6-2-1-3-7-12)13-8-4-10-17(13,14)18/h1-3,6-7H,4-5,8-11H2. The van der Waals surface area contributed by atoms with Crippen molar-refractivity contribution in [3.63, 3.8) is 0 Å². The van der Waals surface area contributed by atoms with Crippen LogP contribution in [0.1, 0.15) is 37.7 Å². The lowest BCUT2D eigenvalue weighted by molar-refractivity contribution is -0.141. The molecule has 3 nitrogen and oxygen atoms in total. The molecule has 102 valence electrons. The average molecular weight is 267 g/mol. The van der Waals surface area contributed by atoms with Crippen LogP contribution in [-0.2, 0) is 9.59 Å². The van der Waals surface area contributed by atoms with E-state index >= 15 is 0 Å². The van der Waals surface area contributed by atoms with Crippen molar-refractivity contribution < 1.29 is 9.59 Å². The fourth-order valence-electron chi connectivity index (χ4n) is 4.20. The molecule has 0 aromatic heterocycles. The molecule has 0 radical (unpaired) electrons. The van der Waals surface area contributed by atoms with Gasteiger partial charge in [-0.15, -0.1) is 0 Å². The predicted molar refractivity (Wildman–Crippen MR) is 75.9 cm³/mol. The third-order valence-corrected chi connectivity index (χ3v) is 5.00. The highest BCUT2D eigenvalue weighted by Crippen LogP contribution is 2.52. The van der Waals surface area contributed by atoms with Crippen LogP contribution >= 0.6 is 0 Å². The van der Waals surface area contributed by atoms with E-state index in [-0.39, 0.29) is 11.7 Å². The molecule has 1 atom stereocenters. The van der Waals surface area contributed by atoms with Crippen LogP contribution in [0.3, 0.4) is 0 Å². The van der Waals surface area contributed by atoms with Crippen molar-refractivity contribution in [3.8, 4) is 0 Å².